The van der Waals surface area contributed by atoms with Crippen molar-refractivity contribution in [1.29, 1.82) is 0 Å². The first-order chi connectivity index (χ1) is 17.5. The van der Waals surface area contributed by atoms with Crippen LogP contribution < -0.4 is 0 Å². The molecule has 0 aliphatic rings. The predicted molar refractivity (Wildman–Crippen MR) is 155 cm³/mol. The standard InChI is InChI=1S/C33H39N3O/c1-9-10-17-33(7,8)31-35-34-30(36(31)27-14-11-21(2)18-22(27)3)23-12-15-28-25(19-23)26-20-24(32(4,5)6)13-16-29(26)37-28/h11-16,18-20H,9-10,17H2,1-8H3. The van der Waals surface area contributed by atoms with Gasteiger partial charge in [0, 0.05) is 21.8 Å². The SMILES string of the molecule is CCCCC(C)(C)c1nnc(-c2ccc3oc4ccc(C(C)(C)C)cc4c3c2)n1-c1ccc(C)cc1C. The number of nitrogens with zero attached hydrogens (tertiary/aromatic N) is 3. The third kappa shape index (κ3) is 4.58. The Labute approximate surface area is 220 Å². The molecule has 0 spiro atoms. The maximum atomic E-state index is 6.22. The van der Waals surface area contributed by atoms with Crippen molar-refractivity contribution in [2.75, 3.05) is 0 Å². The molecule has 0 atom stereocenters. The lowest BCUT2D eigenvalue weighted by molar-refractivity contribution is 0.425. The van der Waals surface area contributed by atoms with E-state index in [9.17, 15) is 0 Å². The van der Waals surface area contributed by atoms with E-state index in [0.29, 0.717) is 0 Å². The number of aryl methyl sites for hydroxylation is 2. The molecule has 0 amide bonds. The smallest absolute Gasteiger partial charge is 0.168 e. The van der Waals surface area contributed by atoms with Crippen molar-refractivity contribution >= 4 is 21.9 Å². The summed E-state index contributed by atoms with van der Waals surface area (Å²) in [4.78, 5) is 0. The summed E-state index contributed by atoms with van der Waals surface area (Å²) in [6.45, 7) is 17.9. The highest BCUT2D eigenvalue weighted by Gasteiger charge is 2.30. The average Bonchev–Trinajstić information content (AvgIpc) is 3.44. The summed E-state index contributed by atoms with van der Waals surface area (Å²) in [7, 11) is 0. The Balaban J connectivity index is 1.74. The summed E-state index contributed by atoms with van der Waals surface area (Å²) in [5.41, 5.74) is 7.72. The molecule has 0 saturated carbocycles. The van der Waals surface area contributed by atoms with Crippen LogP contribution in [0, 0.1) is 13.8 Å². The molecule has 37 heavy (non-hydrogen) atoms. The second kappa shape index (κ2) is 9.16. The second-order valence-corrected chi connectivity index (χ2v) is 12.2. The molecule has 0 saturated heterocycles. The van der Waals surface area contributed by atoms with Gasteiger partial charge in [0.1, 0.15) is 17.0 Å². The minimum atomic E-state index is -0.105. The third-order valence-corrected chi connectivity index (χ3v) is 7.61. The molecule has 5 rings (SSSR count). The fourth-order valence-electron chi connectivity index (χ4n) is 5.31. The first-order valence-electron chi connectivity index (χ1n) is 13.5. The Bertz CT molecular complexity index is 1590. The van der Waals surface area contributed by atoms with Gasteiger partial charge < -0.3 is 4.42 Å². The fourth-order valence-corrected chi connectivity index (χ4v) is 5.31. The Kier molecular flexibility index (Phi) is 6.26. The predicted octanol–water partition coefficient (Wildman–Crippen LogP) is 9.22. The maximum Gasteiger partial charge on any atom is 0.168 e. The Hall–Kier alpha value is -3.40. The minimum absolute atomic E-state index is 0.0670. The van der Waals surface area contributed by atoms with Gasteiger partial charge in [-0.1, -0.05) is 78.1 Å². The van der Waals surface area contributed by atoms with Crippen LogP contribution in [-0.4, -0.2) is 14.8 Å². The van der Waals surface area contributed by atoms with Crippen LogP contribution in [0.25, 0.3) is 39.0 Å². The van der Waals surface area contributed by atoms with E-state index in [4.69, 9.17) is 14.6 Å². The van der Waals surface area contributed by atoms with Crippen molar-refractivity contribution in [3.8, 4) is 17.1 Å². The lowest BCUT2D eigenvalue weighted by Gasteiger charge is -2.25. The van der Waals surface area contributed by atoms with E-state index in [-0.39, 0.29) is 10.8 Å². The van der Waals surface area contributed by atoms with Gasteiger partial charge in [0.2, 0.25) is 0 Å². The quantitative estimate of drug-likeness (QED) is 0.237. The summed E-state index contributed by atoms with van der Waals surface area (Å²) in [6, 6.07) is 19.6. The van der Waals surface area contributed by atoms with Crippen LogP contribution in [0.4, 0.5) is 0 Å². The monoisotopic (exact) mass is 493 g/mol. The van der Waals surface area contributed by atoms with E-state index >= 15 is 0 Å². The van der Waals surface area contributed by atoms with Gasteiger partial charge in [-0.05, 0) is 73.2 Å². The van der Waals surface area contributed by atoms with E-state index in [2.05, 4.69) is 115 Å². The Morgan fingerprint density at radius 1 is 0.811 bits per heavy atom. The molecule has 4 nitrogen and oxygen atoms in total. The van der Waals surface area contributed by atoms with E-state index < -0.39 is 0 Å². The highest BCUT2D eigenvalue weighted by atomic mass is 16.3. The van der Waals surface area contributed by atoms with Crippen molar-refractivity contribution < 1.29 is 4.42 Å². The first-order valence-corrected chi connectivity index (χ1v) is 13.5. The van der Waals surface area contributed by atoms with Gasteiger partial charge in [-0.25, -0.2) is 0 Å². The Morgan fingerprint density at radius 3 is 2.19 bits per heavy atom. The molecule has 192 valence electrons. The lowest BCUT2D eigenvalue weighted by Crippen LogP contribution is -2.23. The van der Waals surface area contributed by atoms with Crippen molar-refractivity contribution in [2.45, 2.75) is 85.5 Å². The van der Waals surface area contributed by atoms with Crippen molar-refractivity contribution in [1.82, 2.24) is 14.8 Å². The zero-order valence-corrected chi connectivity index (χ0v) is 23.6. The first kappa shape index (κ1) is 25.3. The van der Waals surface area contributed by atoms with Crippen molar-refractivity contribution in [2.24, 2.45) is 0 Å². The molecule has 2 aromatic heterocycles. The highest BCUT2D eigenvalue weighted by molar-refractivity contribution is 6.06. The van der Waals surface area contributed by atoms with Crippen LogP contribution in [-0.2, 0) is 10.8 Å². The number of fused-ring (bicyclic) bond motifs is 3. The van der Waals surface area contributed by atoms with Gasteiger partial charge in [-0.3, -0.25) is 4.57 Å². The maximum absolute atomic E-state index is 6.22. The van der Waals surface area contributed by atoms with Gasteiger partial charge in [-0.15, -0.1) is 10.2 Å². The zero-order valence-electron chi connectivity index (χ0n) is 23.6. The van der Waals surface area contributed by atoms with Crippen molar-refractivity contribution in [3.63, 3.8) is 0 Å². The van der Waals surface area contributed by atoms with Gasteiger partial charge >= 0.3 is 0 Å². The molecular formula is C33H39N3O. The van der Waals surface area contributed by atoms with Crippen LogP contribution in [0.5, 0.6) is 0 Å². The van der Waals surface area contributed by atoms with Gasteiger partial charge in [-0.2, -0.15) is 0 Å². The third-order valence-electron chi connectivity index (χ3n) is 7.61. The summed E-state index contributed by atoms with van der Waals surface area (Å²) in [5.74, 6) is 1.88. The Morgan fingerprint density at radius 2 is 1.51 bits per heavy atom. The second-order valence-electron chi connectivity index (χ2n) is 12.2. The largest absolute Gasteiger partial charge is 0.456 e. The molecule has 4 heteroatoms. The molecule has 0 unspecified atom stereocenters. The number of hydrogen-bond donors (Lipinski definition) is 0. The summed E-state index contributed by atoms with van der Waals surface area (Å²) in [5, 5.41) is 11.9. The summed E-state index contributed by atoms with van der Waals surface area (Å²) in [6.07, 6.45) is 3.38. The lowest BCUT2D eigenvalue weighted by atomic mass is 9.86. The summed E-state index contributed by atoms with van der Waals surface area (Å²) < 4.78 is 8.51. The fraction of sp³-hybridized carbons (Fsp3) is 0.394. The zero-order chi connectivity index (χ0) is 26.5. The topological polar surface area (TPSA) is 43.9 Å². The molecule has 0 fully saturated rings. The molecule has 0 aliphatic carbocycles. The van der Waals surface area contributed by atoms with E-state index in [1.165, 1.54) is 16.7 Å². The van der Waals surface area contributed by atoms with Crippen LogP contribution in [0.1, 0.15) is 83.3 Å². The number of aromatic nitrogens is 3. The molecule has 2 heterocycles. The molecule has 5 aromatic rings. The van der Waals surface area contributed by atoms with Crippen LogP contribution in [0.15, 0.2) is 59.0 Å². The summed E-state index contributed by atoms with van der Waals surface area (Å²) >= 11 is 0. The van der Waals surface area contributed by atoms with Crippen LogP contribution >= 0.6 is 0 Å². The number of furan rings is 1. The molecule has 0 bridgehead atoms. The van der Waals surface area contributed by atoms with Gasteiger partial charge in [0.15, 0.2) is 5.82 Å². The van der Waals surface area contributed by atoms with E-state index in [1.807, 2.05) is 0 Å². The average molecular weight is 494 g/mol. The molecule has 0 N–H and O–H groups in total. The van der Waals surface area contributed by atoms with Gasteiger partial charge in [0.05, 0.1) is 5.69 Å². The number of benzene rings is 3. The number of hydrogen-bond acceptors (Lipinski definition) is 3. The minimum Gasteiger partial charge on any atom is -0.456 e. The number of unbranched alkanes of at least 4 members (excludes halogenated alkanes) is 1. The molecule has 3 aromatic carbocycles. The van der Waals surface area contributed by atoms with Crippen LogP contribution in [0.3, 0.4) is 0 Å². The van der Waals surface area contributed by atoms with Crippen LogP contribution in [0.2, 0.25) is 0 Å². The van der Waals surface area contributed by atoms with E-state index in [1.54, 1.807) is 0 Å². The van der Waals surface area contributed by atoms with E-state index in [0.717, 1.165) is 64.1 Å². The van der Waals surface area contributed by atoms with Gasteiger partial charge in [0.25, 0.3) is 0 Å². The number of rotatable bonds is 6. The molecular weight excluding hydrogens is 454 g/mol. The molecule has 0 aliphatic heterocycles. The highest BCUT2D eigenvalue weighted by Crippen LogP contribution is 2.38. The normalized spacial score (nSPS) is 12.6. The molecule has 0 radical (unpaired) electrons. The van der Waals surface area contributed by atoms with Crippen molar-refractivity contribution in [3.05, 3.63) is 77.1 Å².